The van der Waals surface area contributed by atoms with Crippen molar-refractivity contribution in [1.82, 2.24) is 10.6 Å². The van der Waals surface area contributed by atoms with E-state index in [9.17, 15) is 14.4 Å². The van der Waals surface area contributed by atoms with Gasteiger partial charge in [-0.1, -0.05) is 35.4 Å². The van der Waals surface area contributed by atoms with E-state index in [0.29, 0.717) is 17.0 Å². The summed E-state index contributed by atoms with van der Waals surface area (Å²) in [6.45, 7) is 1.76. The van der Waals surface area contributed by atoms with Crippen LogP contribution >= 0.6 is 11.6 Å². The summed E-state index contributed by atoms with van der Waals surface area (Å²) < 4.78 is 5.44. The van der Waals surface area contributed by atoms with Gasteiger partial charge in [-0.25, -0.2) is 4.79 Å². The first kappa shape index (κ1) is 18.5. The third kappa shape index (κ3) is 4.86. The summed E-state index contributed by atoms with van der Waals surface area (Å²) in [7, 11) is 0. The minimum atomic E-state index is -0.572. The minimum absolute atomic E-state index is 0.127. The number of nitrogens with one attached hydrogen (secondary N) is 3. The lowest BCUT2D eigenvalue weighted by molar-refractivity contribution is -0.118. The zero-order valence-electron chi connectivity index (χ0n) is 14.3. The number of benzene rings is 2. The van der Waals surface area contributed by atoms with Crippen LogP contribution in [0.3, 0.4) is 0 Å². The number of imide groups is 1. The molecule has 8 heteroatoms. The van der Waals surface area contributed by atoms with Crippen LogP contribution in [0, 0.1) is 6.92 Å². The normalized spacial score (nSPS) is 14.7. The summed E-state index contributed by atoms with van der Waals surface area (Å²) in [5.74, 6) is -0.492. The number of rotatable bonds is 5. The van der Waals surface area contributed by atoms with Crippen LogP contribution < -0.4 is 20.7 Å². The van der Waals surface area contributed by atoms with Crippen molar-refractivity contribution in [2.24, 2.45) is 0 Å². The van der Waals surface area contributed by atoms with E-state index < -0.39 is 11.9 Å². The molecule has 0 aliphatic carbocycles. The Bertz CT molecular complexity index is 938. The first-order chi connectivity index (χ1) is 12.9. The topological polar surface area (TPSA) is 96.5 Å². The molecule has 1 aliphatic heterocycles. The molecule has 0 unspecified atom stereocenters. The molecular weight excluding hydrogens is 370 g/mol. The molecule has 138 valence electrons. The molecule has 3 rings (SSSR count). The Hall–Kier alpha value is -3.32. The number of carbonyl (C=O) groups is 3. The SMILES string of the molecule is Cc1ccc(NC(=O)COc2ccc(C=C3NC(=O)NC3=O)cc2Cl)cc1. The molecule has 3 N–H and O–H groups in total. The highest BCUT2D eigenvalue weighted by atomic mass is 35.5. The van der Waals surface area contributed by atoms with Gasteiger partial charge in [-0.15, -0.1) is 0 Å². The van der Waals surface area contributed by atoms with Gasteiger partial charge in [-0.05, 0) is 42.8 Å². The molecule has 0 aromatic heterocycles. The third-order valence-corrected chi connectivity index (χ3v) is 3.98. The molecule has 7 nitrogen and oxygen atoms in total. The zero-order valence-corrected chi connectivity index (χ0v) is 15.1. The summed E-state index contributed by atoms with van der Waals surface area (Å²) in [5, 5.41) is 7.50. The number of carbonyl (C=O) groups excluding carboxylic acids is 3. The molecule has 2 aromatic rings. The Balaban J connectivity index is 1.60. The second-order valence-corrected chi connectivity index (χ2v) is 6.27. The summed E-state index contributed by atoms with van der Waals surface area (Å²) in [6.07, 6.45) is 1.49. The smallest absolute Gasteiger partial charge is 0.326 e. The van der Waals surface area contributed by atoms with Crippen molar-refractivity contribution in [1.29, 1.82) is 0 Å². The number of aryl methyl sites for hydroxylation is 1. The van der Waals surface area contributed by atoms with Crippen LogP contribution in [0.4, 0.5) is 10.5 Å². The van der Waals surface area contributed by atoms with Gasteiger partial charge in [0, 0.05) is 5.69 Å². The van der Waals surface area contributed by atoms with E-state index in [-0.39, 0.29) is 23.2 Å². The molecule has 0 radical (unpaired) electrons. The van der Waals surface area contributed by atoms with Crippen LogP contribution in [-0.4, -0.2) is 24.5 Å². The summed E-state index contributed by atoms with van der Waals surface area (Å²) >= 11 is 6.17. The summed E-state index contributed by atoms with van der Waals surface area (Å²) in [6, 6.07) is 11.6. The number of anilines is 1. The number of hydrogen-bond acceptors (Lipinski definition) is 4. The van der Waals surface area contributed by atoms with Crippen molar-refractivity contribution in [2.75, 3.05) is 11.9 Å². The van der Waals surface area contributed by atoms with Gasteiger partial charge in [0.1, 0.15) is 11.4 Å². The number of hydrogen-bond donors (Lipinski definition) is 3. The van der Waals surface area contributed by atoms with E-state index in [1.807, 2.05) is 19.1 Å². The fourth-order valence-corrected chi connectivity index (χ4v) is 2.59. The maximum Gasteiger partial charge on any atom is 0.326 e. The van der Waals surface area contributed by atoms with Crippen molar-refractivity contribution in [3.8, 4) is 5.75 Å². The van der Waals surface area contributed by atoms with Crippen molar-refractivity contribution < 1.29 is 19.1 Å². The third-order valence-electron chi connectivity index (χ3n) is 3.68. The highest BCUT2D eigenvalue weighted by Crippen LogP contribution is 2.26. The molecule has 1 fully saturated rings. The molecule has 4 amide bonds. The summed E-state index contributed by atoms with van der Waals surface area (Å²) in [4.78, 5) is 34.6. The number of halogens is 1. The van der Waals surface area contributed by atoms with Crippen molar-refractivity contribution >= 4 is 41.2 Å². The van der Waals surface area contributed by atoms with E-state index in [0.717, 1.165) is 5.56 Å². The van der Waals surface area contributed by atoms with Gasteiger partial charge in [-0.2, -0.15) is 0 Å². The van der Waals surface area contributed by atoms with Crippen LogP contribution in [0.5, 0.6) is 5.75 Å². The van der Waals surface area contributed by atoms with Gasteiger partial charge in [0.2, 0.25) is 0 Å². The monoisotopic (exact) mass is 385 g/mol. The van der Waals surface area contributed by atoms with E-state index in [2.05, 4.69) is 16.0 Å². The minimum Gasteiger partial charge on any atom is -0.482 e. The molecule has 0 bridgehead atoms. The highest BCUT2D eigenvalue weighted by Gasteiger charge is 2.22. The average Bonchev–Trinajstić information content (AvgIpc) is 2.93. The highest BCUT2D eigenvalue weighted by molar-refractivity contribution is 6.32. The van der Waals surface area contributed by atoms with Gasteiger partial charge < -0.3 is 15.4 Å². The van der Waals surface area contributed by atoms with E-state index in [1.54, 1.807) is 30.3 Å². The van der Waals surface area contributed by atoms with E-state index >= 15 is 0 Å². The van der Waals surface area contributed by atoms with Gasteiger partial charge in [0.25, 0.3) is 11.8 Å². The Morgan fingerprint density at radius 2 is 1.89 bits per heavy atom. The quantitative estimate of drug-likeness (QED) is 0.544. The zero-order chi connectivity index (χ0) is 19.4. The molecule has 27 heavy (non-hydrogen) atoms. The second-order valence-electron chi connectivity index (χ2n) is 5.86. The Morgan fingerprint density at radius 3 is 2.52 bits per heavy atom. The standard InChI is InChI=1S/C19H16ClN3O4/c1-11-2-5-13(6-3-11)21-17(24)10-27-16-7-4-12(8-14(16)20)9-15-18(25)23-19(26)22-15/h2-9H,10H2,1H3,(H,21,24)(H2,22,23,25,26). The van der Waals surface area contributed by atoms with Gasteiger partial charge in [0.05, 0.1) is 5.02 Å². The van der Waals surface area contributed by atoms with E-state index in [4.69, 9.17) is 16.3 Å². The first-order valence-electron chi connectivity index (χ1n) is 8.03. The van der Waals surface area contributed by atoms with Crippen LogP contribution in [0.15, 0.2) is 48.2 Å². The largest absolute Gasteiger partial charge is 0.482 e. The van der Waals surface area contributed by atoms with Gasteiger partial charge in [-0.3, -0.25) is 14.9 Å². The Labute approximate surface area is 160 Å². The van der Waals surface area contributed by atoms with Crippen LogP contribution in [0.25, 0.3) is 6.08 Å². The Morgan fingerprint density at radius 1 is 1.15 bits per heavy atom. The number of urea groups is 1. The van der Waals surface area contributed by atoms with Crippen LogP contribution in [-0.2, 0) is 9.59 Å². The van der Waals surface area contributed by atoms with Crippen molar-refractivity contribution in [3.05, 3.63) is 64.3 Å². The van der Waals surface area contributed by atoms with Gasteiger partial charge >= 0.3 is 6.03 Å². The molecule has 1 saturated heterocycles. The molecule has 1 heterocycles. The van der Waals surface area contributed by atoms with Crippen LogP contribution in [0.1, 0.15) is 11.1 Å². The van der Waals surface area contributed by atoms with Crippen molar-refractivity contribution in [2.45, 2.75) is 6.92 Å². The maximum absolute atomic E-state index is 12.0. The fourth-order valence-electron chi connectivity index (χ4n) is 2.35. The van der Waals surface area contributed by atoms with Crippen molar-refractivity contribution in [3.63, 3.8) is 0 Å². The molecular formula is C19H16ClN3O4. The summed E-state index contributed by atoms with van der Waals surface area (Å²) in [5.41, 5.74) is 2.51. The second kappa shape index (κ2) is 7.92. The fraction of sp³-hybridized carbons (Fsp3) is 0.105. The molecule has 0 atom stereocenters. The molecule has 2 aromatic carbocycles. The lowest BCUT2D eigenvalue weighted by atomic mass is 10.2. The van der Waals surface area contributed by atoms with Gasteiger partial charge in [0.15, 0.2) is 6.61 Å². The van der Waals surface area contributed by atoms with E-state index in [1.165, 1.54) is 6.08 Å². The Kier molecular flexibility index (Phi) is 5.42. The van der Waals surface area contributed by atoms with Crippen LogP contribution in [0.2, 0.25) is 5.02 Å². The number of amides is 4. The lowest BCUT2D eigenvalue weighted by Crippen LogP contribution is -2.22. The number of ether oxygens (including phenoxy) is 1. The molecule has 1 aliphatic rings. The predicted molar refractivity (Wildman–Crippen MR) is 101 cm³/mol. The lowest BCUT2D eigenvalue weighted by Gasteiger charge is -2.09. The predicted octanol–water partition coefficient (Wildman–Crippen LogP) is 2.85. The molecule has 0 saturated carbocycles. The average molecular weight is 386 g/mol. The first-order valence-corrected chi connectivity index (χ1v) is 8.41. The molecule has 0 spiro atoms. The maximum atomic E-state index is 12.0.